The Bertz CT molecular complexity index is 1160. The molecule has 2 aromatic heterocycles. The number of ether oxygens (including phenoxy) is 1. The monoisotopic (exact) mass is 434 g/mol. The van der Waals surface area contributed by atoms with Crippen molar-refractivity contribution in [2.75, 3.05) is 32.8 Å². The van der Waals surface area contributed by atoms with Gasteiger partial charge in [-0.3, -0.25) is 4.79 Å². The van der Waals surface area contributed by atoms with E-state index in [1.165, 1.54) is 11.1 Å². The fourth-order valence-electron chi connectivity index (χ4n) is 4.15. The third-order valence-electron chi connectivity index (χ3n) is 6.20. The number of pyridine rings is 1. The normalized spacial score (nSPS) is 14.1. The van der Waals surface area contributed by atoms with Crippen LogP contribution in [0.3, 0.4) is 0 Å². The maximum absolute atomic E-state index is 13.3. The van der Waals surface area contributed by atoms with Crippen LogP contribution in [0.5, 0.6) is 0 Å². The van der Waals surface area contributed by atoms with Gasteiger partial charge in [0.05, 0.1) is 24.4 Å². The number of aryl methyl sites for hydroxylation is 3. The molecular formula is C25H30N4O3. The van der Waals surface area contributed by atoms with Gasteiger partial charge in [-0.1, -0.05) is 18.2 Å². The summed E-state index contributed by atoms with van der Waals surface area (Å²) in [5.41, 5.74) is 7.13. The molecule has 1 aromatic carbocycles. The van der Waals surface area contributed by atoms with Crippen molar-refractivity contribution >= 4 is 17.6 Å². The molecule has 32 heavy (non-hydrogen) atoms. The first-order chi connectivity index (χ1) is 15.4. The highest BCUT2D eigenvalue weighted by Gasteiger charge is 2.27. The van der Waals surface area contributed by atoms with E-state index in [-0.39, 0.29) is 18.4 Å². The predicted molar refractivity (Wildman–Crippen MR) is 124 cm³/mol. The fourth-order valence-corrected chi connectivity index (χ4v) is 4.15. The van der Waals surface area contributed by atoms with Gasteiger partial charge in [0, 0.05) is 37.9 Å². The molecule has 3 aromatic rings. The summed E-state index contributed by atoms with van der Waals surface area (Å²) in [6, 6.07) is 10.3. The zero-order valence-corrected chi connectivity index (χ0v) is 19.2. The van der Waals surface area contributed by atoms with Gasteiger partial charge in [-0.15, -0.1) is 0 Å². The van der Waals surface area contributed by atoms with Crippen molar-refractivity contribution in [3.05, 3.63) is 58.9 Å². The molecule has 7 heteroatoms. The number of carbonyl (C=O) groups is 2. The molecule has 7 nitrogen and oxygen atoms in total. The van der Waals surface area contributed by atoms with E-state index in [4.69, 9.17) is 9.72 Å². The van der Waals surface area contributed by atoms with Crippen molar-refractivity contribution in [1.82, 2.24) is 19.2 Å². The van der Waals surface area contributed by atoms with Crippen LogP contribution in [0.15, 0.2) is 36.5 Å². The third kappa shape index (κ3) is 4.20. The molecule has 1 saturated heterocycles. The van der Waals surface area contributed by atoms with E-state index in [0.717, 1.165) is 28.2 Å². The van der Waals surface area contributed by atoms with E-state index >= 15 is 0 Å². The molecule has 1 fully saturated rings. The van der Waals surface area contributed by atoms with Crippen LogP contribution in [0.25, 0.3) is 16.9 Å². The number of amides is 2. The van der Waals surface area contributed by atoms with Crippen molar-refractivity contribution in [3.63, 3.8) is 0 Å². The number of benzene rings is 1. The average Bonchev–Trinajstić information content (AvgIpc) is 3.15. The molecule has 1 aliphatic heterocycles. The quantitative estimate of drug-likeness (QED) is 0.627. The van der Waals surface area contributed by atoms with E-state index in [2.05, 4.69) is 32.0 Å². The molecule has 0 saturated carbocycles. The van der Waals surface area contributed by atoms with E-state index < -0.39 is 0 Å². The van der Waals surface area contributed by atoms with Gasteiger partial charge in [0.15, 0.2) is 0 Å². The van der Waals surface area contributed by atoms with Crippen LogP contribution in [-0.4, -0.2) is 64.0 Å². The van der Waals surface area contributed by atoms with Crippen molar-refractivity contribution in [2.24, 2.45) is 0 Å². The number of aromatic nitrogens is 2. The molecule has 0 atom stereocenters. The summed E-state index contributed by atoms with van der Waals surface area (Å²) in [7, 11) is 0. The summed E-state index contributed by atoms with van der Waals surface area (Å²) in [6.07, 6.45) is 1.92. The van der Waals surface area contributed by atoms with Gasteiger partial charge >= 0.3 is 6.09 Å². The summed E-state index contributed by atoms with van der Waals surface area (Å²) in [4.78, 5) is 33.6. The van der Waals surface area contributed by atoms with Crippen LogP contribution < -0.4 is 0 Å². The Kier molecular flexibility index (Phi) is 6.17. The first-order valence-electron chi connectivity index (χ1n) is 11.1. The average molecular weight is 435 g/mol. The largest absolute Gasteiger partial charge is 0.450 e. The van der Waals surface area contributed by atoms with Crippen LogP contribution in [0.2, 0.25) is 0 Å². The summed E-state index contributed by atoms with van der Waals surface area (Å²) in [6.45, 7) is 10.4. The van der Waals surface area contributed by atoms with Crippen LogP contribution in [0.4, 0.5) is 4.79 Å². The van der Waals surface area contributed by atoms with Gasteiger partial charge in [0.1, 0.15) is 5.65 Å². The Hall–Kier alpha value is -3.35. The fraction of sp³-hybridized carbons (Fsp3) is 0.400. The van der Waals surface area contributed by atoms with Crippen LogP contribution in [0.1, 0.15) is 29.3 Å². The molecule has 0 bridgehead atoms. The molecule has 0 unspecified atom stereocenters. The lowest BCUT2D eigenvalue weighted by molar-refractivity contribution is -0.132. The second-order valence-electron chi connectivity index (χ2n) is 8.33. The summed E-state index contributed by atoms with van der Waals surface area (Å²) < 4.78 is 7.11. The first kappa shape index (κ1) is 21.9. The predicted octanol–water partition coefficient (Wildman–Crippen LogP) is 3.77. The standard InChI is InChI=1S/C25H30N4O3/c1-5-32-25(31)28-13-11-27(12-14-28)22(30)16-21-23(20-9-8-17(2)19(4)15-20)26-24-18(3)7-6-10-29(21)24/h6-10,15H,5,11-14,16H2,1-4H3. The Morgan fingerprint density at radius 1 is 0.969 bits per heavy atom. The van der Waals surface area contributed by atoms with Crippen molar-refractivity contribution in [2.45, 2.75) is 34.1 Å². The van der Waals surface area contributed by atoms with E-state index in [9.17, 15) is 9.59 Å². The second kappa shape index (κ2) is 9.02. The van der Waals surface area contributed by atoms with Crippen molar-refractivity contribution in [3.8, 4) is 11.3 Å². The number of hydrogen-bond donors (Lipinski definition) is 0. The number of rotatable bonds is 4. The number of fused-ring (bicyclic) bond motifs is 1. The molecule has 3 heterocycles. The highest BCUT2D eigenvalue weighted by atomic mass is 16.6. The van der Waals surface area contributed by atoms with Gasteiger partial charge in [0.2, 0.25) is 5.91 Å². The lowest BCUT2D eigenvalue weighted by Gasteiger charge is -2.34. The third-order valence-corrected chi connectivity index (χ3v) is 6.20. The van der Waals surface area contributed by atoms with Gasteiger partial charge in [-0.2, -0.15) is 0 Å². The summed E-state index contributed by atoms with van der Waals surface area (Å²) >= 11 is 0. The van der Waals surface area contributed by atoms with Crippen molar-refractivity contribution < 1.29 is 14.3 Å². The molecular weight excluding hydrogens is 404 g/mol. The molecule has 1 aliphatic rings. The smallest absolute Gasteiger partial charge is 0.409 e. The maximum Gasteiger partial charge on any atom is 0.409 e. The zero-order chi connectivity index (χ0) is 22.8. The van der Waals surface area contributed by atoms with Gasteiger partial charge in [-0.25, -0.2) is 9.78 Å². The summed E-state index contributed by atoms with van der Waals surface area (Å²) in [5, 5.41) is 0. The van der Waals surface area contributed by atoms with Gasteiger partial charge < -0.3 is 18.9 Å². The van der Waals surface area contributed by atoms with Crippen LogP contribution in [0, 0.1) is 20.8 Å². The van der Waals surface area contributed by atoms with Crippen LogP contribution >= 0.6 is 0 Å². The molecule has 0 radical (unpaired) electrons. The molecule has 0 aliphatic carbocycles. The van der Waals surface area contributed by atoms with Gasteiger partial charge in [0.25, 0.3) is 0 Å². The highest BCUT2D eigenvalue weighted by Crippen LogP contribution is 2.28. The van der Waals surface area contributed by atoms with E-state index in [1.54, 1.807) is 11.8 Å². The number of piperazine rings is 1. The van der Waals surface area contributed by atoms with E-state index in [1.807, 2.05) is 34.6 Å². The number of nitrogens with zero attached hydrogens (tertiary/aromatic N) is 4. The number of hydrogen-bond acceptors (Lipinski definition) is 4. The lowest BCUT2D eigenvalue weighted by Crippen LogP contribution is -2.51. The Labute approximate surface area is 188 Å². The van der Waals surface area contributed by atoms with Crippen molar-refractivity contribution in [1.29, 1.82) is 0 Å². The second-order valence-corrected chi connectivity index (χ2v) is 8.33. The Morgan fingerprint density at radius 3 is 2.38 bits per heavy atom. The molecule has 0 N–H and O–H groups in total. The number of imidazole rings is 1. The summed E-state index contributed by atoms with van der Waals surface area (Å²) in [5.74, 6) is 0.0434. The SMILES string of the molecule is CCOC(=O)N1CCN(C(=O)Cc2c(-c3ccc(C)c(C)c3)nc3c(C)cccn23)CC1. The number of carbonyl (C=O) groups excluding carboxylic acids is 2. The molecule has 2 amide bonds. The topological polar surface area (TPSA) is 67.2 Å². The lowest BCUT2D eigenvalue weighted by atomic mass is 10.0. The Balaban J connectivity index is 1.61. The minimum absolute atomic E-state index is 0.0434. The molecule has 168 valence electrons. The highest BCUT2D eigenvalue weighted by molar-refractivity contribution is 5.82. The van der Waals surface area contributed by atoms with E-state index in [0.29, 0.717) is 32.8 Å². The maximum atomic E-state index is 13.3. The molecule has 4 rings (SSSR count). The molecule has 0 spiro atoms. The zero-order valence-electron chi connectivity index (χ0n) is 19.2. The van der Waals surface area contributed by atoms with Gasteiger partial charge in [-0.05, 0) is 56.5 Å². The van der Waals surface area contributed by atoms with Crippen LogP contribution in [-0.2, 0) is 16.0 Å². The minimum atomic E-state index is -0.311. The first-order valence-corrected chi connectivity index (χ1v) is 11.1. The minimum Gasteiger partial charge on any atom is -0.450 e. The Morgan fingerprint density at radius 2 is 1.69 bits per heavy atom.